The Balaban J connectivity index is 1.25. The van der Waals surface area contributed by atoms with Crippen LogP contribution in [0.5, 0.6) is 11.8 Å². The zero-order valence-corrected chi connectivity index (χ0v) is 26.6. The molecule has 2 aromatic heterocycles. The van der Waals surface area contributed by atoms with Gasteiger partial charge >= 0.3 is 0 Å². The van der Waals surface area contributed by atoms with Crippen LogP contribution in [0.4, 0.5) is 4.39 Å². The highest BCUT2D eigenvalue weighted by atomic mass is 19.1. The van der Waals surface area contributed by atoms with Crippen LogP contribution in [0.3, 0.4) is 0 Å². The first-order valence-electron chi connectivity index (χ1n) is 16.4. The number of rotatable bonds is 11. The van der Waals surface area contributed by atoms with E-state index in [0.717, 1.165) is 31.5 Å². The number of piperazine rings is 2. The second kappa shape index (κ2) is 14.1. The van der Waals surface area contributed by atoms with E-state index in [1.54, 1.807) is 19.5 Å². The number of methoxy groups -OCH3 is 1. The fourth-order valence-electron chi connectivity index (χ4n) is 7.12. The Hall–Kier alpha value is -4.48. The number of carbonyl (C=O) groups excluding carboxylic acids is 1. The van der Waals surface area contributed by atoms with Gasteiger partial charge in [0, 0.05) is 75.6 Å². The SMILES string of the molecule is COc1nc(C2CC2)nc(OCCF)c1CN1C[C@@H]2CN(C(=O)c3cnccn3)CCN2[C@H](C(c2ccccc2)c2ccccc2)C1. The fourth-order valence-corrected chi connectivity index (χ4v) is 7.12. The van der Waals surface area contributed by atoms with Gasteiger partial charge in [0.15, 0.2) is 0 Å². The maximum Gasteiger partial charge on any atom is 0.274 e. The Morgan fingerprint density at radius 2 is 1.66 bits per heavy atom. The quantitative estimate of drug-likeness (QED) is 0.238. The first-order valence-corrected chi connectivity index (χ1v) is 16.4. The van der Waals surface area contributed by atoms with Crippen molar-refractivity contribution in [2.45, 2.75) is 43.3 Å². The molecular weight excluding hydrogens is 597 g/mol. The largest absolute Gasteiger partial charge is 0.481 e. The number of alkyl halides is 1. The zero-order valence-electron chi connectivity index (χ0n) is 26.6. The summed E-state index contributed by atoms with van der Waals surface area (Å²) in [5, 5.41) is 0. The predicted molar refractivity (Wildman–Crippen MR) is 174 cm³/mol. The smallest absolute Gasteiger partial charge is 0.274 e. The predicted octanol–water partition coefficient (Wildman–Crippen LogP) is 4.34. The molecule has 47 heavy (non-hydrogen) atoms. The number of benzene rings is 2. The van der Waals surface area contributed by atoms with Gasteiger partial charge in [-0.1, -0.05) is 60.7 Å². The summed E-state index contributed by atoms with van der Waals surface area (Å²) in [5.74, 6) is 1.82. The Morgan fingerprint density at radius 1 is 0.936 bits per heavy atom. The molecule has 7 rings (SSSR count). The van der Waals surface area contributed by atoms with Crippen LogP contribution in [0.15, 0.2) is 79.3 Å². The van der Waals surface area contributed by atoms with Gasteiger partial charge in [0.25, 0.3) is 5.91 Å². The van der Waals surface area contributed by atoms with Crippen molar-refractivity contribution in [3.63, 3.8) is 0 Å². The topological polar surface area (TPSA) is 96.8 Å². The zero-order chi connectivity index (χ0) is 32.2. The number of halogens is 1. The summed E-state index contributed by atoms with van der Waals surface area (Å²) in [6, 6.07) is 21.4. The van der Waals surface area contributed by atoms with E-state index in [1.807, 2.05) is 4.90 Å². The van der Waals surface area contributed by atoms with Crippen LogP contribution in [-0.4, -0.2) is 106 Å². The van der Waals surface area contributed by atoms with Crippen LogP contribution in [0.2, 0.25) is 0 Å². The van der Waals surface area contributed by atoms with Crippen LogP contribution in [0.25, 0.3) is 0 Å². The maximum absolute atomic E-state index is 13.5. The van der Waals surface area contributed by atoms with Crippen LogP contribution in [0, 0.1) is 0 Å². The van der Waals surface area contributed by atoms with Gasteiger partial charge in [-0.15, -0.1) is 0 Å². The lowest BCUT2D eigenvalue weighted by molar-refractivity contribution is -0.0293. The molecule has 0 bridgehead atoms. The minimum absolute atomic E-state index is 0.0471. The Bertz CT molecular complexity index is 1610. The highest BCUT2D eigenvalue weighted by molar-refractivity contribution is 5.92. The van der Waals surface area contributed by atoms with Crippen LogP contribution in [0.1, 0.15) is 57.7 Å². The van der Waals surface area contributed by atoms with Gasteiger partial charge in [-0.25, -0.2) is 9.37 Å². The van der Waals surface area contributed by atoms with Gasteiger partial charge < -0.3 is 14.4 Å². The van der Waals surface area contributed by atoms with Gasteiger partial charge in [0.2, 0.25) is 11.8 Å². The molecule has 2 aromatic carbocycles. The molecule has 1 amide bonds. The molecule has 244 valence electrons. The number of ether oxygens (including phenoxy) is 2. The number of hydrogen-bond donors (Lipinski definition) is 0. The van der Waals surface area contributed by atoms with Gasteiger partial charge in [-0.05, 0) is 24.0 Å². The number of fused-ring (bicyclic) bond motifs is 1. The number of carbonyl (C=O) groups is 1. The molecule has 4 aromatic rings. The summed E-state index contributed by atoms with van der Waals surface area (Å²) in [5.41, 5.74) is 3.55. The lowest BCUT2D eigenvalue weighted by Gasteiger charge is -2.53. The minimum Gasteiger partial charge on any atom is -0.481 e. The number of aromatic nitrogens is 4. The molecule has 1 saturated carbocycles. The minimum atomic E-state index is -0.612. The van der Waals surface area contributed by atoms with Crippen LogP contribution < -0.4 is 9.47 Å². The summed E-state index contributed by atoms with van der Waals surface area (Å²) in [7, 11) is 1.61. The summed E-state index contributed by atoms with van der Waals surface area (Å²) < 4.78 is 25.1. The Kier molecular flexibility index (Phi) is 9.34. The molecule has 2 aliphatic heterocycles. The van der Waals surface area contributed by atoms with Crippen molar-refractivity contribution in [3.05, 3.63) is 107 Å². The van der Waals surface area contributed by atoms with Gasteiger partial charge in [-0.3, -0.25) is 19.6 Å². The molecule has 4 heterocycles. The third-order valence-electron chi connectivity index (χ3n) is 9.42. The van der Waals surface area contributed by atoms with E-state index in [2.05, 4.69) is 80.4 Å². The monoisotopic (exact) mass is 637 g/mol. The average Bonchev–Trinajstić information content (AvgIpc) is 3.98. The van der Waals surface area contributed by atoms with Crippen LogP contribution >= 0.6 is 0 Å². The van der Waals surface area contributed by atoms with Gasteiger partial charge in [0.1, 0.15) is 24.8 Å². The molecule has 0 unspecified atom stereocenters. The molecule has 0 radical (unpaired) electrons. The summed E-state index contributed by atoms with van der Waals surface area (Å²) in [6.45, 7) is 3.11. The fraction of sp³-hybridized carbons (Fsp3) is 0.417. The highest BCUT2D eigenvalue weighted by Gasteiger charge is 2.44. The van der Waals surface area contributed by atoms with Crippen molar-refractivity contribution in [2.24, 2.45) is 0 Å². The van der Waals surface area contributed by atoms with E-state index >= 15 is 0 Å². The average molecular weight is 638 g/mol. The van der Waals surface area contributed by atoms with Crippen molar-refractivity contribution in [3.8, 4) is 11.8 Å². The third kappa shape index (κ3) is 6.82. The van der Waals surface area contributed by atoms with E-state index in [1.165, 1.54) is 17.3 Å². The van der Waals surface area contributed by atoms with Crippen molar-refractivity contribution in [1.82, 2.24) is 34.6 Å². The van der Waals surface area contributed by atoms with E-state index in [0.29, 0.717) is 49.5 Å². The van der Waals surface area contributed by atoms with Crippen molar-refractivity contribution in [1.29, 1.82) is 0 Å². The third-order valence-corrected chi connectivity index (χ3v) is 9.42. The second-order valence-electron chi connectivity index (χ2n) is 12.5. The molecule has 10 nitrogen and oxygen atoms in total. The van der Waals surface area contributed by atoms with Crippen LogP contribution in [-0.2, 0) is 6.54 Å². The number of amides is 1. The molecule has 0 spiro atoms. The molecule has 1 aliphatic carbocycles. The normalized spacial score (nSPS) is 20.2. The van der Waals surface area contributed by atoms with E-state index < -0.39 is 6.67 Å². The lowest BCUT2D eigenvalue weighted by Crippen LogP contribution is -2.67. The molecule has 2 atom stereocenters. The van der Waals surface area contributed by atoms with Gasteiger partial charge in [0.05, 0.1) is 18.9 Å². The highest BCUT2D eigenvalue weighted by Crippen LogP contribution is 2.41. The lowest BCUT2D eigenvalue weighted by atomic mass is 9.81. The first kappa shape index (κ1) is 31.1. The van der Waals surface area contributed by atoms with Crippen molar-refractivity contribution < 1.29 is 18.7 Å². The molecule has 0 N–H and O–H groups in total. The van der Waals surface area contributed by atoms with Crippen molar-refractivity contribution >= 4 is 5.91 Å². The maximum atomic E-state index is 13.5. The van der Waals surface area contributed by atoms with E-state index in [9.17, 15) is 9.18 Å². The molecule has 3 aliphatic rings. The Labute approximate surface area is 274 Å². The second-order valence-corrected chi connectivity index (χ2v) is 12.5. The summed E-state index contributed by atoms with van der Waals surface area (Å²) in [6.07, 6.45) is 6.72. The van der Waals surface area contributed by atoms with E-state index in [4.69, 9.17) is 19.4 Å². The Morgan fingerprint density at radius 3 is 2.30 bits per heavy atom. The van der Waals surface area contributed by atoms with E-state index in [-0.39, 0.29) is 36.4 Å². The molecule has 2 saturated heterocycles. The molecule has 3 fully saturated rings. The summed E-state index contributed by atoms with van der Waals surface area (Å²) >= 11 is 0. The number of hydrogen-bond acceptors (Lipinski definition) is 9. The molecule has 11 heteroatoms. The van der Waals surface area contributed by atoms with Crippen molar-refractivity contribution in [2.75, 3.05) is 53.1 Å². The standard InChI is InChI=1S/C36H40FN7O3/c1-46-34-29(35(47-19-14-37)41-33(40-34)27-12-13-27)23-42-21-28-22-43(36(45)30-20-38-15-16-39-30)17-18-44(28)31(24-42)32(25-8-4-2-5-9-25)26-10-6-3-7-11-26/h2-11,15-16,20,27-28,31-32H,12-14,17-19,21-24H2,1H3/t28-,31+/m1/s1. The number of nitrogens with zero attached hydrogens (tertiary/aromatic N) is 7. The van der Waals surface area contributed by atoms with Gasteiger partial charge in [-0.2, -0.15) is 9.97 Å². The summed E-state index contributed by atoms with van der Waals surface area (Å²) in [4.78, 5) is 38.4. The molecular formula is C36H40FN7O3. The first-order chi connectivity index (χ1) is 23.1.